The summed E-state index contributed by atoms with van der Waals surface area (Å²) in [5.74, 6) is -0.206. The molecule has 0 aliphatic carbocycles. The summed E-state index contributed by atoms with van der Waals surface area (Å²) in [4.78, 5) is 0. The van der Waals surface area contributed by atoms with Crippen LogP contribution in [0.25, 0.3) is 32.7 Å². The van der Waals surface area contributed by atoms with Crippen LogP contribution in [0.15, 0.2) is 72.8 Å². The molecule has 4 aromatic carbocycles. The third-order valence-electron chi connectivity index (χ3n) is 4.04. The first-order valence-electron chi connectivity index (χ1n) is 7.17. The van der Waals surface area contributed by atoms with Crippen molar-refractivity contribution < 1.29 is 10.2 Å². The lowest BCUT2D eigenvalue weighted by molar-refractivity contribution is 0.404. The molecule has 0 saturated heterocycles. The van der Waals surface area contributed by atoms with Crippen molar-refractivity contribution in [3.63, 3.8) is 0 Å². The predicted octanol–water partition coefficient (Wildman–Crippen LogP) is 5.07. The summed E-state index contributed by atoms with van der Waals surface area (Å²) in [6.45, 7) is 0. The van der Waals surface area contributed by atoms with E-state index >= 15 is 0 Å². The van der Waals surface area contributed by atoms with Crippen molar-refractivity contribution in [1.82, 2.24) is 0 Å². The van der Waals surface area contributed by atoms with Crippen molar-refractivity contribution in [2.24, 2.45) is 0 Å². The van der Waals surface area contributed by atoms with Crippen LogP contribution in [-0.4, -0.2) is 10.2 Å². The summed E-state index contributed by atoms with van der Waals surface area (Å²) in [6.07, 6.45) is 0. The highest BCUT2D eigenvalue weighted by atomic mass is 16.3. The number of hydrogen-bond donors (Lipinski definition) is 2. The fraction of sp³-hybridized carbons (Fsp3) is 0. The fourth-order valence-electron chi connectivity index (χ4n) is 3.00. The second-order valence-electron chi connectivity index (χ2n) is 5.40. The fourth-order valence-corrected chi connectivity index (χ4v) is 3.00. The Morgan fingerprint density at radius 3 is 1.73 bits per heavy atom. The van der Waals surface area contributed by atoms with Gasteiger partial charge in [-0.1, -0.05) is 54.6 Å². The Labute approximate surface area is 127 Å². The molecule has 0 atom stereocenters. The van der Waals surface area contributed by atoms with E-state index in [2.05, 4.69) is 30.3 Å². The van der Waals surface area contributed by atoms with Crippen molar-refractivity contribution in [2.45, 2.75) is 0 Å². The standard InChI is InChI=1S/C20H14O2/c21-18-10-9-15(12-19(18)22)20-16-7-3-1-5-13(16)11-14-6-2-4-8-17(14)20/h1-12,21-22H. The van der Waals surface area contributed by atoms with E-state index in [1.165, 1.54) is 6.07 Å². The molecule has 2 N–H and O–H groups in total. The molecular formula is C20H14O2. The molecule has 0 fully saturated rings. The van der Waals surface area contributed by atoms with Gasteiger partial charge in [0.1, 0.15) is 0 Å². The number of aromatic hydroxyl groups is 2. The Bertz CT molecular complexity index is 949. The second kappa shape index (κ2) is 4.78. The molecule has 0 aliphatic rings. The number of phenolic OH excluding ortho intramolecular Hbond substituents is 2. The van der Waals surface area contributed by atoms with Crippen LogP contribution in [0.1, 0.15) is 0 Å². The number of rotatable bonds is 1. The van der Waals surface area contributed by atoms with E-state index in [0.717, 1.165) is 32.7 Å². The van der Waals surface area contributed by atoms with Crippen LogP contribution in [0.2, 0.25) is 0 Å². The molecule has 0 bridgehead atoms. The zero-order valence-electron chi connectivity index (χ0n) is 11.8. The SMILES string of the molecule is Oc1ccc(-c2c3ccccc3cc3ccccc23)cc1O. The highest BCUT2D eigenvalue weighted by molar-refractivity contribution is 6.12. The third kappa shape index (κ3) is 1.89. The summed E-state index contributed by atoms with van der Waals surface area (Å²) in [7, 11) is 0. The van der Waals surface area contributed by atoms with Crippen LogP contribution in [0.4, 0.5) is 0 Å². The minimum absolute atomic E-state index is 0.102. The molecule has 0 amide bonds. The predicted molar refractivity (Wildman–Crippen MR) is 90.2 cm³/mol. The molecule has 0 heterocycles. The van der Waals surface area contributed by atoms with E-state index in [0.29, 0.717) is 0 Å². The summed E-state index contributed by atoms with van der Waals surface area (Å²) in [6, 6.07) is 23.6. The molecular weight excluding hydrogens is 272 g/mol. The molecule has 0 aromatic heterocycles. The van der Waals surface area contributed by atoms with Gasteiger partial charge in [-0.2, -0.15) is 0 Å². The largest absolute Gasteiger partial charge is 0.504 e. The van der Waals surface area contributed by atoms with E-state index < -0.39 is 0 Å². The molecule has 4 rings (SSSR count). The van der Waals surface area contributed by atoms with Gasteiger partial charge in [0.15, 0.2) is 11.5 Å². The van der Waals surface area contributed by atoms with Crippen LogP contribution in [0, 0.1) is 0 Å². The van der Waals surface area contributed by atoms with E-state index in [9.17, 15) is 10.2 Å². The smallest absolute Gasteiger partial charge is 0.158 e. The van der Waals surface area contributed by atoms with Gasteiger partial charge in [-0.05, 0) is 50.9 Å². The maximum absolute atomic E-state index is 9.86. The number of phenols is 2. The van der Waals surface area contributed by atoms with Crippen molar-refractivity contribution >= 4 is 21.5 Å². The molecule has 0 spiro atoms. The maximum Gasteiger partial charge on any atom is 0.158 e. The van der Waals surface area contributed by atoms with Crippen molar-refractivity contribution in [1.29, 1.82) is 0 Å². The Morgan fingerprint density at radius 2 is 1.14 bits per heavy atom. The normalized spacial score (nSPS) is 11.1. The summed E-state index contributed by atoms with van der Waals surface area (Å²) < 4.78 is 0. The van der Waals surface area contributed by atoms with Crippen molar-refractivity contribution in [3.05, 3.63) is 72.8 Å². The van der Waals surface area contributed by atoms with E-state index in [1.807, 2.05) is 30.3 Å². The average molecular weight is 286 g/mol. The van der Waals surface area contributed by atoms with Crippen LogP contribution < -0.4 is 0 Å². The molecule has 106 valence electrons. The first kappa shape index (κ1) is 12.7. The van der Waals surface area contributed by atoms with Gasteiger partial charge in [-0.3, -0.25) is 0 Å². The van der Waals surface area contributed by atoms with E-state index in [1.54, 1.807) is 6.07 Å². The third-order valence-corrected chi connectivity index (χ3v) is 4.04. The van der Waals surface area contributed by atoms with Crippen LogP contribution >= 0.6 is 0 Å². The lowest BCUT2D eigenvalue weighted by Gasteiger charge is -2.12. The molecule has 4 aromatic rings. The lowest BCUT2D eigenvalue weighted by Crippen LogP contribution is -1.85. The van der Waals surface area contributed by atoms with Crippen molar-refractivity contribution in [3.8, 4) is 22.6 Å². The monoisotopic (exact) mass is 286 g/mol. The Balaban J connectivity index is 2.18. The average Bonchev–Trinajstić information content (AvgIpc) is 2.55. The highest BCUT2D eigenvalue weighted by Gasteiger charge is 2.11. The van der Waals surface area contributed by atoms with Crippen LogP contribution in [0.5, 0.6) is 11.5 Å². The number of fused-ring (bicyclic) bond motifs is 2. The van der Waals surface area contributed by atoms with E-state index in [4.69, 9.17) is 0 Å². The van der Waals surface area contributed by atoms with Crippen LogP contribution in [0.3, 0.4) is 0 Å². The maximum atomic E-state index is 9.86. The second-order valence-corrected chi connectivity index (χ2v) is 5.40. The number of hydrogen-bond acceptors (Lipinski definition) is 2. The Hall–Kier alpha value is -3.00. The van der Waals surface area contributed by atoms with Gasteiger partial charge in [0.05, 0.1) is 0 Å². The minimum Gasteiger partial charge on any atom is -0.504 e. The quantitative estimate of drug-likeness (QED) is 0.379. The molecule has 2 nitrogen and oxygen atoms in total. The Kier molecular flexibility index (Phi) is 2.76. The molecule has 0 radical (unpaired) electrons. The van der Waals surface area contributed by atoms with E-state index in [-0.39, 0.29) is 11.5 Å². The van der Waals surface area contributed by atoms with Gasteiger partial charge < -0.3 is 10.2 Å². The molecule has 0 aliphatic heterocycles. The van der Waals surface area contributed by atoms with Gasteiger partial charge >= 0.3 is 0 Å². The molecule has 22 heavy (non-hydrogen) atoms. The summed E-state index contributed by atoms with van der Waals surface area (Å²) in [5.41, 5.74) is 1.97. The highest BCUT2D eigenvalue weighted by Crippen LogP contribution is 2.39. The lowest BCUT2D eigenvalue weighted by atomic mass is 9.92. The van der Waals surface area contributed by atoms with Gasteiger partial charge in [0, 0.05) is 0 Å². The molecule has 0 saturated carbocycles. The van der Waals surface area contributed by atoms with Gasteiger partial charge in [-0.15, -0.1) is 0 Å². The minimum atomic E-state index is -0.103. The summed E-state index contributed by atoms with van der Waals surface area (Å²) in [5, 5.41) is 24.0. The van der Waals surface area contributed by atoms with Crippen molar-refractivity contribution in [2.75, 3.05) is 0 Å². The molecule has 0 unspecified atom stereocenters. The zero-order chi connectivity index (χ0) is 15.1. The van der Waals surface area contributed by atoms with Gasteiger partial charge in [0.25, 0.3) is 0 Å². The van der Waals surface area contributed by atoms with Gasteiger partial charge in [0.2, 0.25) is 0 Å². The van der Waals surface area contributed by atoms with Gasteiger partial charge in [-0.25, -0.2) is 0 Å². The Morgan fingerprint density at radius 1 is 0.545 bits per heavy atom. The molecule has 2 heteroatoms. The first-order chi connectivity index (χ1) is 10.7. The first-order valence-corrected chi connectivity index (χ1v) is 7.17. The summed E-state index contributed by atoms with van der Waals surface area (Å²) >= 11 is 0. The topological polar surface area (TPSA) is 40.5 Å². The zero-order valence-corrected chi connectivity index (χ0v) is 11.8. The number of benzene rings is 4. The van der Waals surface area contributed by atoms with Crippen LogP contribution in [-0.2, 0) is 0 Å².